The van der Waals surface area contributed by atoms with E-state index in [0.29, 0.717) is 18.0 Å². The minimum atomic E-state index is -0.479. The molecule has 164 valence electrons. The maximum absolute atomic E-state index is 12.5. The van der Waals surface area contributed by atoms with Crippen LogP contribution < -0.4 is 9.47 Å². The van der Waals surface area contributed by atoms with Gasteiger partial charge in [-0.05, 0) is 48.7 Å². The predicted octanol–water partition coefficient (Wildman–Crippen LogP) is 3.81. The first-order valence-corrected chi connectivity index (χ1v) is 9.90. The van der Waals surface area contributed by atoms with E-state index in [-0.39, 0.29) is 18.9 Å². The van der Waals surface area contributed by atoms with Crippen molar-refractivity contribution in [1.82, 2.24) is 4.90 Å². The topological polar surface area (TPSA) is 78.2 Å². The summed E-state index contributed by atoms with van der Waals surface area (Å²) in [5, 5.41) is 0.870. The molecule has 1 heterocycles. The first-order valence-electron chi connectivity index (χ1n) is 9.90. The monoisotopic (exact) mass is 425 g/mol. The van der Waals surface area contributed by atoms with Crippen LogP contribution in [0.1, 0.15) is 22.3 Å². The Kier molecular flexibility index (Phi) is 6.84. The quantitative estimate of drug-likeness (QED) is 0.511. The lowest BCUT2D eigenvalue weighted by atomic mass is 10.1. The molecule has 0 fully saturated rings. The van der Waals surface area contributed by atoms with E-state index in [4.69, 9.17) is 18.6 Å². The molecule has 0 aliphatic rings. The Balaban J connectivity index is 1.57. The lowest BCUT2D eigenvalue weighted by Crippen LogP contribution is -2.31. The van der Waals surface area contributed by atoms with Crippen LogP contribution >= 0.6 is 0 Å². The molecule has 2 aromatic carbocycles. The van der Waals surface area contributed by atoms with Gasteiger partial charge >= 0.3 is 5.97 Å². The highest BCUT2D eigenvalue weighted by molar-refractivity contribution is 5.87. The summed E-state index contributed by atoms with van der Waals surface area (Å²) in [5.41, 5.74) is 4.43. The van der Waals surface area contributed by atoms with E-state index in [9.17, 15) is 9.59 Å². The van der Waals surface area contributed by atoms with Gasteiger partial charge in [-0.3, -0.25) is 9.59 Å². The lowest BCUT2D eigenvalue weighted by molar-refractivity contribution is -0.151. The van der Waals surface area contributed by atoms with Crippen LogP contribution in [0, 0.1) is 13.8 Å². The van der Waals surface area contributed by atoms with Crippen LogP contribution in [0.2, 0.25) is 0 Å². The molecule has 0 aliphatic heterocycles. The van der Waals surface area contributed by atoms with Gasteiger partial charge in [-0.25, -0.2) is 0 Å². The summed E-state index contributed by atoms with van der Waals surface area (Å²) in [6, 6.07) is 9.50. The molecule has 1 aromatic heterocycles. The summed E-state index contributed by atoms with van der Waals surface area (Å²) in [4.78, 5) is 26.2. The lowest BCUT2D eigenvalue weighted by Gasteiger charge is -2.20. The molecule has 0 N–H and O–H groups in total. The molecule has 0 saturated heterocycles. The normalized spacial score (nSPS) is 10.7. The van der Waals surface area contributed by atoms with Gasteiger partial charge in [0, 0.05) is 24.5 Å². The number of likely N-dealkylation sites (N-methyl/N-ethyl adjacent to an activating group) is 1. The average Bonchev–Trinajstić information content (AvgIpc) is 3.14. The molecule has 3 rings (SSSR count). The Bertz CT molecular complexity index is 1100. The number of rotatable bonds is 8. The molecule has 0 unspecified atom stereocenters. The van der Waals surface area contributed by atoms with Crippen LogP contribution in [-0.2, 0) is 27.3 Å². The van der Waals surface area contributed by atoms with Gasteiger partial charge in [0.15, 0.2) is 18.1 Å². The Morgan fingerprint density at radius 2 is 1.71 bits per heavy atom. The number of amides is 1. The van der Waals surface area contributed by atoms with E-state index in [1.807, 2.05) is 44.2 Å². The number of carbonyl (C=O) groups is 2. The molecule has 7 nitrogen and oxygen atoms in total. The standard InChI is InChI=1S/C24H27NO6/c1-15-6-7-19-18(13-30-20(19)8-15)11-24(27)31-14-23(26)25(3)12-17-10-22(29-5)21(28-4)9-16(17)2/h6-10,13H,11-12,14H2,1-5H3. The van der Waals surface area contributed by atoms with Crippen molar-refractivity contribution in [2.45, 2.75) is 26.8 Å². The number of esters is 1. The third-order valence-corrected chi connectivity index (χ3v) is 5.18. The van der Waals surface area contributed by atoms with Crippen LogP contribution in [-0.4, -0.2) is 44.7 Å². The minimum Gasteiger partial charge on any atom is -0.493 e. The minimum absolute atomic E-state index is 0.0435. The Hall–Kier alpha value is -3.48. The number of aryl methyl sites for hydroxylation is 2. The number of nitrogens with zero attached hydrogens (tertiary/aromatic N) is 1. The van der Waals surface area contributed by atoms with Gasteiger partial charge in [0.25, 0.3) is 5.91 Å². The number of fused-ring (bicyclic) bond motifs is 1. The molecule has 3 aromatic rings. The first-order chi connectivity index (χ1) is 14.8. The largest absolute Gasteiger partial charge is 0.493 e. The molecule has 0 aliphatic carbocycles. The Labute approximate surface area is 181 Å². The SMILES string of the molecule is COc1cc(C)c(CN(C)C(=O)COC(=O)Cc2coc3cc(C)ccc23)cc1OC. The average molecular weight is 425 g/mol. The van der Waals surface area contributed by atoms with E-state index in [1.165, 1.54) is 4.90 Å². The van der Waals surface area contributed by atoms with E-state index >= 15 is 0 Å². The maximum Gasteiger partial charge on any atom is 0.310 e. The molecular formula is C24H27NO6. The summed E-state index contributed by atoms with van der Waals surface area (Å²) in [6.07, 6.45) is 1.60. The zero-order valence-corrected chi connectivity index (χ0v) is 18.5. The number of ether oxygens (including phenoxy) is 3. The van der Waals surface area contributed by atoms with Gasteiger partial charge in [0.2, 0.25) is 0 Å². The smallest absolute Gasteiger partial charge is 0.310 e. The Morgan fingerprint density at radius 3 is 2.42 bits per heavy atom. The second-order valence-corrected chi connectivity index (χ2v) is 7.48. The fraction of sp³-hybridized carbons (Fsp3) is 0.333. The molecule has 0 spiro atoms. The summed E-state index contributed by atoms with van der Waals surface area (Å²) >= 11 is 0. The van der Waals surface area contributed by atoms with Crippen molar-refractivity contribution in [1.29, 1.82) is 0 Å². The maximum atomic E-state index is 12.5. The highest BCUT2D eigenvalue weighted by Crippen LogP contribution is 2.30. The van der Waals surface area contributed by atoms with Crippen molar-refractivity contribution in [3.8, 4) is 11.5 Å². The van der Waals surface area contributed by atoms with Crippen molar-refractivity contribution in [2.75, 3.05) is 27.9 Å². The third-order valence-electron chi connectivity index (χ3n) is 5.18. The zero-order chi connectivity index (χ0) is 22.5. The molecular weight excluding hydrogens is 398 g/mol. The van der Waals surface area contributed by atoms with Crippen LogP contribution in [0.5, 0.6) is 11.5 Å². The summed E-state index contributed by atoms with van der Waals surface area (Å²) in [7, 11) is 4.81. The van der Waals surface area contributed by atoms with Crippen LogP contribution in [0.4, 0.5) is 0 Å². The summed E-state index contributed by atoms with van der Waals surface area (Å²) < 4.78 is 21.3. The van der Waals surface area contributed by atoms with Gasteiger partial charge in [0.05, 0.1) is 26.9 Å². The number of hydrogen-bond donors (Lipinski definition) is 0. The Morgan fingerprint density at radius 1 is 1.00 bits per heavy atom. The van der Waals surface area contributed by atoms with Gasteiger partial charge in [0.1, 0.15) is 5.58 Å². The number of furan rings is 1. The number of benzene rings is 2. The van der Waals surface area contributed by atoms with Crippen molar-refractivity contribution >= 4 is 22.8 Å². The van der Waals surface area contributed by atoms with Crippen molar-refractivity contribution in [2.24, 2.45) is 0 Å². The molecule has 0 bridgehead atoms. The van der Waals surface area contributed by atoms with Crippen molar-refractivity contribution in [3.05, 3.63) is 58.8 Å². The van der Waals surface area contributed by atoms with Gasteiger partial charge in [-0.1, -0.05) is 12.1 Å². The van der Waals surface area contributed by atoms with E-state index in [1.54, 1.807) is 27.5 Å². The molecule has 7 heteroatoms. The number of carbonyl (C=O) groups excluding carboxylic acids is 2. The number of hydrogen-bond acceptors (Lipinski definition) is 6. The highest BCUT2D eigenvalue weighted by Gasteiger charge is 2.17. The van der Waals surface area contributed by atoms with Gasteiger partial charge < -0.3 is 23.5 Å². The van der Waals surface area contributed by atoms with Crippen molar-refractivity contribution in [3.63, 3.8) is 0 Å². The molecule has 0 atom stereocenters. The second-order valence-electron chi connectivity index (χ2n) is 7.48. The summed E-state index contributed by atoms with van der Waals surface area (Å²) in [6.45, 7) is 3.94. The van der Waals surface area contributed by atoms with Crippen LogP contribution in [0.3, 0.4) is 0 Å². The molecule has 0 radical (unpaired) electrons. The van der Waals surface area contributed by atoms with Crippen LogP contribution in [0.25, 0.3) is 11.0 Å². The van der Waals surface area contributed by atoms with Gasteiger partial charge in [-0.15, -0.1) is 0 Å². The van der Waals surface area contributed by atoms with Crippen molar-refractivity contribution < 1.29 is 28.2 Å². The molecule has 31 heavy (non-hydrogen) atoms. The molecule has 1 amide bonds. The first kappa shape index (κ1) is 22.2. The van der Waals surface area contributed by atoms with Gasteiger partial charge in [-0.2, -0.15) is 0 Å². The van der Waals surface area contributed by atoms with E-state index in [2.05, 4.69) is 0 Å². The predicted molar refractivity (Wildman–Crippen MR) is 116 cm³/mol. The summed E-state index contributed by atoms with van der Waals surface area (Å²) in [5.74, 6) is 0.453. The fourth-order valence-corrected chi connectivity index (χ4v) is 3.32. The number of methoxy groups -OCH3 is 2. The fourth-order valence-electron chi connectivity index (χ4n) is 3.32. The second kappa shape index (κ2) is 9.55. The molecule has 0 saturated carbocycles. The van der Waals surface area contributed by atoms with E-state index < -0.39 is 5.97 Å². The third kappa shape index (κ3) is 5.17. The van der Waals surface area contributed by atoms with E-state index in [0.717, 1.165) is 33.2 Å². The van der Waals surface area contributed by atoms with Crippen LogP contribution in [0.15, 0.2) is 41.0 Å². The zero-order valence-electron chi connectivity index (χ0n) is 18.5. The highest BCUT2D eigenvalue weighted by atomic mass is 16.5.